The topological polar surface area (TPSA) is 55.7 Å². The molecule has 0 aliphatic rings. The average molecular weight is 143 g/mol. The molecule has 0 atom stereocenters. The van der Waals surface area contributed by atoms with E-state index in [-0.39, 0.29) is 17.9 Å². The van der Waals surface area contributed by atoms with E-state index >= 15 is 0 Å². The van der Waals surface area contributed by atoms with Crippen molar-refractivity contribution in [1.29, 1.82) is 0 Å². The van der Waals surface area contributed by atoms with Gasteiger partial charge in [-0.25, -0.2) is 0 Å². The van der Waals surface area contributed by atoms with Crippen molar-refractivity contribution in [2.24, 2.45) is 5.16 Å². The lowest BCUT2D eigenvalue weighted by atomic mass is 10.2. The van der Waals surface area contributed by atoms with Crippen LogP contribution in [0.4, 0.5) is 0 Å². The third-order valence-electron chi connectivity index (χ3n) is 0.900. The van der Waals surface area contributed by atoms with Gasteiger partial charge in [0, 0.05) is 0 Å². The first-order valence-electron chi connectivity index (χ1n) is 2.77. The van der Waals surface area contributed by atoms with E-state index in [0.29, 0.717) is 6.29 Å². The maximum absolute atomic E-state index is 10.7. The average Bonchev–Trinajstić information content (AvgIpc) is 1.89. The van der Waals surface area contributed by atoms with Gasteiger partial charge in [0.25, 0.3) is 0 Å². The van der Waals surface area contributed by atoms with Gasteiger partial charge in [-0.3, -0.25) is 4.79 Å². The molecular weight excluding hydrogens is 134 g/mol. The van der Waals surface area contributed by atoms with Gasteiger partial charge in [-0.1, -0.05) is 5.16 Å². The van der Waals surface area contributed by atoms with E-state index in [1.165, 1.54) is 14.0 Å². The van der Waals surface area contributed by atoms with Gasteiger partial charge < -0.3 is 9.63 Å². The Kier molecular flexibility index (Phi) is 4.11. The van der Waals surface area contributed by atoms with Gasteiger partial charge in [-0.2, -0.15) is 0 Å². The number of oxime groups is 1. The standard InChI is InChI=1S/C6H9NO3/c1-5(7-10-2)6(9)3-4-8/h4H,3H2,1-2H3/b7-5+. The van der Waals surface area contributed by atoms with Crippen LogP contribution in [0.15, 0.2) is 5.16 Å². The van der Waals surface area contributed by atoms with Crippen LogP contribution in [0.1, 0.15) is 13.3 Å². The zero-order chi connectivity index (χ0) is 7.98. The first-order chi connectivity index (χ1) is 4.72. The molecule has 0 spiro atoms. The fourth-order valence-electron chi connectivity index (χ4n) is 0.411. The molecule has 0 radical (unpaired) electrons. The van der Waals surface area contributed by atoms with Gasteiger partial charge in [0.05, 0.1) is 6.42 Å². The van der Waals surface area contributed by atoms with E-state index in [1.807, 2.05) is 0 Å². The second kappa shape index (κ2) is 4.67. The Bertz CT molecular complexity index is 162. The minimum absolute atomic E-state index is 0.126. The molecule has 0 saturated heterocycles. The predicted octanol–water partition coefficient (Wildman–Crippen LogP) is 0.167. The predicted molar refractivity (Wildman–Crippen MR) is 35.8 cm³/mol. The molecule has 0 aromatic rings. The molecule has 0 aliphatic heterocycles. The smallest absolute Gasteiger partial charge is 0.187 e. The van der Waals surface area contributed by atoms with Gasteiger partial charge >= 0.3 is 0 Å². The van der Waals surface area contributed by atoms with E-state index in [2.05, 4.69) is 9.99 Å². The Balaban J connectivity index is 3.93. The number of hydrogen-bond acceptors (Lipinski definition) is 4. The first-order valence-corrected chi connectivity index (χ1v) is 2.77. The molecule has 0 N–H and O–H groups in total. The number of rotatable bonds is 4. The number of Topliss-reactive ketones (excluding diaryl/α,β-unsaturated/α-hetero) is 1. The number of carbonyl (C=O) groups excluding carboxylic acids is 2. The molecule has 0 unspecified atom stereocenters. The maximum atomic E-state index is 10.7. The molecule has 0 bridgehead atoms. The number of hydrogen-bond donors (Lipinski definition) is 0. The van der Waals surface area contributed by atoms with Crippen molar-refractivity contribution in [3.8, 4) is 0 Å². The quantitative estimate of drug-likeness (QED) is 0.244. The van der Waals surface area contributed by atoms with Crippen molar-refractivity contribution >= 4 is 17.8 Å². The summed E-state index contributed by atoms with van der Waals surface area (Å²) in [6.45, 7) is 1.50. The first kappa shape index (κ1) is 8.81. The summed E-state index contributed by atoms with van der Waals surface area (Å²) < 4.78 is 0. The van der Waals surface area contributed by atoms with Crippen LogP contribution in [-0.4, -0.2) is 24.9 Å². The minimum atomic E-state index is -0.308. The normalized spacial score (nSPS) is 10.8. The Morgan fingerprint density at radius 3 is 2.70 bits per heavy atom. The summed E-state index contributed by atoms with van der Waals surface area (Å²) in [6.07, 6.45) is 0.412. The molecule has 0 aromatic heterocycles. The fraction of sp³-hybridized carbons (Fsp3) is 0.500. The monoisotopic (exact) mass is 143 g/mol. The lowest BCUT2D eigenvalue weighted by Crippen LogP contribution is -2.10. The number of aldehydes is 1. The Labute approximate surface area is 58.8 Å². The van der Waals surface area contributed by atoms with Gasteiger partial charge in [0.15, 0.2) is 5.78 Å². The molecule has 4 nitrogen and oxygen atoms in total. The Morgan fingerprint density at radius 1 is 1.70 bits per heavy atom. The van der Waals surface area contributed by atoms with Crippen LogP contribution >= 0.6 is 0 Å². The molecule has 0 rings (SSSR count). The second-order valence-corrected chi connectivity index (χ2v) is 1.65. The van der Waals surface area contributed by atoms with Crippen LogP contribution in [0.5, 0.6) is 0 Å². The highest BCUT2D eigenvalue weighted by atomic mass is 16.6. The summed E-state index contributed by atoms with van der Waals surface area (Å²) in [5.41, 5.74) is 0.217. The molecule has 0 heterocycles. The van der Waals surface area contributed by atoms with E-state index in [0.717, 1.165) is 0 Å². The molecule has 0 aromatic carbocycles. The maximum Gasteiger partial charge on any atom is 0.187 e. The molecule has 56 valence electrons. The fourth-order valence-corrected chi connectivity index (χ4v) is 0.411. The summed E-state index contributed by atoms with van der Waals surface area (Å²) >= 11 is 0. The molecule has 0 amide bonds. The van der Waals surface area contributed by atoms with E-state index < -0.39 is 0 Å². The summed E-state index contributed by atoms with van der Waals surface area (Å²) in [4.78, 5) is 24.8. The summed E-state index contributed by atoms with van der Waals surface area (Å²) in [7, 11) is 1.34. The van der Waals surface area contributed by atoms with Crippen molar-refractivity contribution in [2.75, 3.05) is 7.11 Å². The molecule has 0 aliphatic carbocycles. The second-order valence-electron chi connectivity index (χ2n) is 1.65. The van der Waals surface area contributed by atoms with Crippen molar-refractivity contribution in [3.05, 3.63) is 0 Å². The van der Waals surface area contributed by atoms with Gasteiger partial charge in [-0.15, -0.1) is 0 Å². The lowest BCUT2D eigenvalue weighted by Gasteiger charge is -1.92. The third-order valence-corrected chi connectivity index (χ3v) is 0.900. The zero-order valence-electron chi connectivity index (χ0n) is 5.96. The summed E-state index contributed by atoms with van der Waals surface area (Å²) in [5.74, 6) is -0.308. The SMILES string of the molecule is CO/N=C(\C)C(=O)CC=O. The largest absolute Gasteiger partial charge is 0.399 e. The van der Waals surface area contributed by atoms with Gasteiger partial charge in [0.2, 0.25) is 0 Å². The van der Waals surface area contributed by atoms with Crippen LogP contribution in [0.3, 0.4) is 0 Å². The van der Waals surface area contributed by atoms with E-state index in [4.69, 9.17) is 0 Å². The van der Waals surface area contributed by atoms with Crippen LogP contribution < -0.4 is 0 Å². The Morgan fingerprint density at radius 2 is 2.30 bits per heavy atom. The summed E-state index contributed by atoms with van der Waals surface area (Å²) in [5, 5.41) is 3.35. The highest BCUT2D eigenvalue weighted by Crippen LogP contribution is 1.84. The molecular formula is C6H9NO3. The van der Waals surface area contributed by atoms with Crippen LogP contribution in [0.2, 0.25) is 0 Å². The highest BCUT2D eigenvalue weighted by molar-refractivity contribution is 6.40. The van der Waals surface area contributed by atoms with Crippen molar-refractivity contribution in [3.63, 3.8) is 0 Å². The molecule has 10 heavy (non-hydrogen) atoms. The van der Waals surface area contributed by atoms with Crippen LogP contribution in [-0.2, 0) is 14.4 Å². The molecule has 4 heteroatoms. The number of carbonyl (C=O) groups is 2. The molecule has 0 saturated carbocycles. The Hall–Kier alpha value is -1.19. The van der Waals surface area contributed by atoms with Crippen LogP contribution in [0, 0.1) is 0 Å². The lowest BCUT2D eigenvalue weighted by molar-refractivity contribution is -0.117. The van der Waals surface area contributed by atoms with Gasteiger partial charge in [-0.05, 0) is 6.92 Å². The molecule has 0 fully saturated rings. The van der Waals surface area contributed by atoms with Crippen molar-refractivity contribution in [1.82, 2.24) is 0 Å². The number of nitrogens with zero attached hydrogens (tertiary/aromatic N) is 1. The summed E-state index contributed by atoms with van der Waals surface area (Å²) in [6, 6.07) is 0. The minimum Gasteiger partial charge on any atom is -0.399 e. The van der Waals surface area contributed by atoms with E-state index in [1.54, 1.807) is 0 Å². The highest BCUT2D eigenvalue weighted by Gasteiger charge is 2.04. The van der Waals surface area contributed by atoms with Gasteiger partial charge in [0.1, 0.15) is 19.1 Å². The van der Waals surface area contributed by atoms with E-state index in [9.17, 15) is 9.59 Å². The van der Waals surface area contributed by atoms with Crippen molar-refractivity contribution in [2.45, 2.75) is 13.3 Å². The number of ketones is 1. The van der Waals surface area contributed by atoms with Crippen LogP contribution in [0.25, 0.3) is 0 Å². The van der Waals surface area contributed by atoms with Crippen molar-refractivity contribution < 1.29 is 14.4 Å². The zero-order valence-corrected chi connectivity index (χ0v) is 5.96. The third kappa shape index (κ3) is 2.96.